The lowest BCUT2D eigenvalue weighted by Crippen LogP contribution is -2.50. The van der Waals surface area contributed by atoms with Gasteiger partial charge >= 0.3 is 6.03 Å². The number of fused-ring (bicyclic) bond motifs is 1. The Bertz CT molecular complexity index is 799. The molecule has 0 bridgehead atoms. The Kier molecular flexibility index (Phi) is 5.12. The molecule has 0 saturated carbocycles. The van der Waals surface area contributed by atoms with Crippen molar-refractivity contribution in [3.05, 3.63) is 65.5 Å². The zero-order chi connectivity index (χ0) is 18.8. The second kappa shape index (κ2) is 7.69. The summed E-state index contributed by atoms with van der Waals surface area (Å²) in [6.45, 7) is 4.81. The van der Waals surface area contributed by atoms with Crippen molar-refractivity contribution in [2.75, 3.05) is 18.0 Å². The number of amides is 2. The van der Waals surface area contributed by atoms with Gasteiger partial charge in [0.05, 0.1) is 0 Å². The summed E-state index contributed by atoms with van der Waals surface area (Å²) in [5, 5.41) is 3.23. The van der Waals surface area contributed by atoms with Crippen LogP contribution < -0.4 is 10.2 Å². The summed E-state index contributed by atoms with van der Waals surface area (Å²) in [6.07, 6.45) is 2.80. The van der Waals surface area contributed by atoms with Crippen LogP contribution in [0.25, 0.3) is 0 Å². The molecule has 142 valence electrons. The van der Waals surface area contributed by atoms with Crippen molar-refractivity contribution >= 4 is 11.7 Å². The number of rotatable bonds is 3. The second-order valence-corrected chi connectivity index (χ2v) is 7.68. The van der Waals surface area contributed by atoms with Crippen LogP contribution in [0, 0.1) is 5.82 Å². The Morgan fingerprint density at radius 2 is 1.81 bits per heavy atom. The maximum atomic E-state index is 13.0. The lowest BCUT2D eigenvalue weighted by molar-refractivity contribution is 0.188. The Labute approximate surface area is 160 Å². The molecule has 1 fully saturated rings. The Morgan fingerprint density at radius 1 is 1.11 bits per heavy atom. The summed E-state index contributed by atoms with van der Waals surface area (Å²) in [5.41, 5.74) is 3.41. The normalized spacial score (nSPS) is 20.5. The number of urea groups is 1. The molecular weight excluding hydrogens is 341 g/mol. The minimum absolute atomic E-state index is 0.0180. The maximum absolute atomic E-state index is 13.0. The number of carbonyl (C=O) groups is 1. The SMILES string of the molecule is CC1Cc2ccccc2N1C(=O)NC1CCN(Cc2ccc(F)cc2)CC1. The van der Waals surface area contributed by atoms with Crippen LogP contribution in [0.3, 0.4) is 0 Å². The molecule has 5 heteroatoms. The van der Waals surface area contributed by atoms with Crippen LogP contribution in [-0.4, -0.2) is 36.1 Å². The highest BCUT2D eigenvalue weighted by Gasteiger charge is 2.32. The summed E-state index contributed by atoms with van der Waals surface area (Å²) >= 11 is 0. The van der Waals surface area contributed by atoms with E-state index in [4.69, 9.17) is 0 Å². The van der Waals surface area contributed by atoms with Crippen LogP contribution in [-0.2, 0) is 13.0 Å². The van der Waals surface area contributed by atoms with E-state index in [-0.39, 0.29) is 23.9 Å². The Balaban J connectivity index is 1.30. The number of nitrogens with one attached hydrogen (secondary N) is 1. The van der Waals surface area contributed by atoms with Crippen LogP contribution in [0.5, 0.6) is 0 Å². The number of hydrogen-bond donors (Lipinski definition) is 1. The molecule has 1 saturated heterocycles. The molecular formula is C22H26FN3O. The van der Waals surface area contributed by atoms with Crippen LogP contribution >= 0.6 is 0 Å². The fourth-order valence-corrected chi connectivity index (χ4v) is 4.20. The first kappa shape index (κ1) is 18.0. The number of nitrogens with zero attached hydrogens (tertiary/aromatic N) is 2. The van der Waals surface area contributed by atoms with Crippen molar-refractivity contribution < 1.29 is 9.18 Å². The minimum Gasteiger partial charge on any atom is -0.335 e. The van der Waals surface area contributed by atoms with E-state index in [2.05, 4.69) is 23.2 Å². The average molecular weight is 367 g/mol. The third-order valence-electron chi connectivity index (χ3n) is 5.66. The van der Waals surface area contributed by atoms with E-state index < -0.39 is 0 Å². The van der Waals surface area contributed by atoms with E-state index in [9.17, 15) is 9.18 Å². The number of piperidine rings is 1. The zero-order valence-corrected chi connectivity index (χ0v) is 15.7. The maximum Gasteiger partial charge on any atom is 0.322 e. The number of carbonyl (C=O) groups excluding carboxylic acids is 1. The summed E-state index contributed by atoms with van der Waals surface area (Å²) in [5.74, 6) is -0.196. The molecule has 2 aromatic rings. The van der Waals surface area contributed by atoms with Gasteiger partial charge in [-0.1, -0.05) is 30.3 Å². The van der Waals surface area contributed by atoms with Crippen molar-refractivity contribution in [1.82, 2.24) is 10.2 Å². The van der Waals surface area contributed by atoms with Gasteiger partial charge in [0.15, 0.2) is 0 Å². The minimum atomic E-state index is -0.196. The fourth-order valence-electron chi connectivity index (χ4n) is 4.20. The molecule has 4 nitrogen and oxygen atoms in total. The molecule has 2 aromatic carbocycles. The van der Waals surface area contributed by atoms with E-state index in [1.54, 1.807) is 0 Å². The third kappa shape index (κ3) is 3.98. The average Bonchev–Trinajstić information content (AvgIpc) is 3.01. The first-order valence-corrected chi connectivity index (χ1v) is 9.74. The van der Waals surface area contributed by atoms with Crippen molar-refractivity contribution in [3.8, 4) is 0 Å². The predicted octanol–water partition coefficient (Wildman–Crippen LogP) is 3.95. The largest absolute Gasteiger partial charge is 0.335 e. The standard InChI is InChI=1S/C22H26FN3O/c1-16-14-18-4-2-3-5-21(18)26(16)22(27)24-20-10-12-25(13-11-20)15-17-6-8-19(23)9-7-17/h2-9,16,20H,10-15H2,1H3,(H,24,27). The van der Waals surface area contributed by atoms with E-state index in [0.29, 0.717) is 0 Å². The number of likely N-dealkylation sites (tertiary alicyclic amines) is 1. The van der Waals surface area contributed by atoms with E-state index in [1.165, 1.54) is 17.7 Å². The molecule has 1 atom stereocenters. The van der Waals surface area contributed by atoms with Gasteiger partial charge in [-0.15, -0.1) is 0 Å². The lowest BCUT2D eigenvalue weighted by Gasteiger charge is -2.34. The molecule has 27 heavy (non-hydrogen) atoms. The monoisotopic (exact) mass is 367 g/mol. The molecule has 2 heterocycles. The van der Waals surface area contributed by atoms with Crippen LogP contribution in [0.2, 0.25) is 0 Å². The van der Waals surface area contributed by atoms with Gasteiger partial charge in [-0.05, 0) is 55.5 Å². The molecule has 2 aliphatic rings. The predicted molar refractivity (Wildman–Crippen MR) is 105 cm³/mol. The highest BCUT2D eigenvalue weighted by molar-refractivity contribution is 5.95. The number of para-hydroxylation sites is 1. The van der Waals surface area contributed by atoms with Gasteiger partial charge in [0.25, 0.3) is 0 Å². The topological polar surface area (TPSA) is 35.6 Å². The Hall–Kier alpha value is -2.40. The Morgan fingerprint density at radius 3 is 2.56 bits per heavy atom. The van der Waals surface area contributed by atoms with Crippen LogP contribution in [0.1, 0.15) is 30.9 Å². The molecule has 1 N–H and O–H groups in total. The molecule has 1 unspecified atom stereocenters. The quantitative estimate of drug-likeness (QED) is 0.892. The van der Waals surface area contributed by atoms with Crippen LogP contribution in [0.4, 0.5) is 14.9 Å². The molecule has 4 rings (SSSR count). The van der Waals surface area contributed by atoms with Gasteiger partial charge in [0.1, 0.15) is 5.82 Å². The molecule has 0 aromatic heterocycles. The summed E-state index contributed by atoms with van der Waals surface area (Å²) in [7, 11) is 0. The van der Waals surface area contributed by atoms with Gasteiger partial charge in [-0.2, -0.15) is 0 Å². The summed E-state index contributed by atoms with van der Waals surface area (Å²) in [4.78, 5) is 17.1. The van der Waals surface area contributed by atoms with Gasteiger partial charge < -0.3 is 5.32 Å². The van der Waals surface area contributed by atoms with Gasteiger partial charge in [-0.25, -0.2) is 9.18 Å². The van der Waals surface area contributed by atoms with E-state index >= 15 is 0 Å². The third-order valence-corrected chi connectivity index (χ3v) is 5.66. The molecule has 0 spiro atoms. The fraction of sp³-hybridized carbons (Fsp3) is 0.409. The smallest absolute Gasteiger partial charge is 0.322 e. The van der Waals surface area contributed by atoms with Gasteiger partial charge in [0, 0.05) is 37.4 Å². The number of benzene rings is 2. The number of halogens is 1. The summed E-state index contributed by atoms with van der Waals surface area (Å²) < 4.78 is 13.0. The summed E-state index contributed by atoms with van der Waals surface area (Å²) in [6, 6.07) is 15.3. The molecule has 2 amide bonds. The first-order valence-electron chi connectivity index (χ1n) is 9.74. The molecule has 2 aliphatic heterocycles. The number of anilines is 1. The van der Waals surface area contributed by atoms with E-state index in [1.807, 2.05) is 35.2 Å². The van der Waals surface area contributed by atoms with Crippen molar-refractivity contribution in [2.24, 2.45) is 0 Å². The van der Waals surface area contributed by atoms with Crippen molar-refractivity contribution in [1.29, 1.82) is 0 Å². The van der Waals surface area contributed by atoms with Gasteiger partial charge in [0.2, 0.25) is 0 Å². The zero-order valence-electron chi connectivity index (χ0n) is 15.7. The van der Waals surface area contributed by atoms with Crippen LogP contribution in [0.15, 0.2) is 48.5 Å². The molecule has 0 aliphatic carbocycles. The van der Waals surface area contributed by atoms with Crippen molar-refractivity contribution in [3.63, 3.8) is 0 Å². The van der Waals surface area contributed by atoms with Crippen molar-refractivity contribution in [2.45, 2.75) is 44.8 Å². The highest BCUT2D eigenvalue weighted by Crippen LogP contribution is 2.31. The highest BCUT2D eigenvalue weighted by atomic mass is 19.1. The van der Waals surface area contributed by atoms with E-state index in [0.717, 1.165) is 50.1 Å². The lowest BCUT2D eigenvalue weighted by atomic mass is 10.0. The second-order valence-electron chi connectivity index (χ2n) is 7.68. The first-order chi connectivity index (χ1) is 13.1. The molecule has 0 radical (unpaired) electrons. The van der Waals surface area contributed by atoms with Gasteiger partial charge in [-0.3, -0.25) is 9.80 Å². The number of hydrogen-bond acceptors (Lipinski definition) is 2.